The maximum Gasteiger partial charge on any atom is 0.226 e. The Bertz CT molecular complexity index is 104. The third-order valence-corrected chi connectivity index (χ3v) is 1.05. The molecule has 1 aliphatic rings. The SMILES string of the molecule is O=C1CNCCN1[O-]. The van der Waals surface area contributed by atoms with Crippen LogP contribution < -0.4 is 5.32 Å². The second-order valence-corrected chi connectivity index (χ2v) is 1.67. The number of carbonyl (C=O) groups excluding carboxylic acids is 1. The lowest BCUT2D eigenvalue weighted by molar-refractivity contribution is -0.129. The summed E-state index contributed by atoms with van der Waals surface area (Å²) in [5, 5.41) is 13.6. The molecule has 0 saturated carbocycles. The Balaban J connectivity index is 2.39. The number of hydroxylamine groups is 2. The maximum atomic E-state index is 10.3. The first-order chi connectivity index (χ1) is 3.80. The summed E-state index contributed by atoms with van der Waals surface area (Å²) in [5.41, 5.74) is 0. The highest BCUT2D eigenvalue weighted by Crippen LogP contribution is 1.88. The van der Waals surface area contributed by atoms with Crippen molar-refractivity contribution in [3.05, 3.63) is 5.21 Å². The second kappa shape index (κ2) is 2.11. The lowest BCUT2D eigenvalue weighted by Crippen LogP contribution is -2.44. The van der Waals surface area contributed by atoms with Gasteiger partial charge in [-0.1, -0.05) is 0 Å². The number of carbonyl (C=O) groups is 1. The Morgan fingerprint density at radius 1 is 1.75 bits per heavy atom. The Morgan fingerprint density at radius 2 is 2.50 bits per heavy atom. The largest absolute Gasteiger partial charge is 0.756 e. The number of nitrogens with one attached hydrogen (secondary N) is 1. The van der Waals surface area contributed by atoms with Gasteiger partial charge in [-0.15, -0.1) is 0 Å². The molecule has 0 radical (unpaired) electrons. The van der Waals surface area contributed by atoms with Gasteiger partial charge in [-0.05, 0) is 0 Å². The first-order valence-corrected chi connectivity index (χ1v) is 2.49. The minimum absolute atomic E-state index is 0.198. The predicted molar refractivity (Wildman–Crippen MR) is 27.9 cm³/mol. The van der Waals surface area contributed by atoms with Crippen molar-refractivity contribution in [3.8, 4) is 0 Å². The minimum Gasteiger partial charge on any atom is -0.756 e. The molecule has 0 bridgehead atoms. The van der Waals surface area contributed by atoms with Crippen LogP contribution in [0.25, 0.3) is 0 Å². The summed E-state index contributed by atoms with van der Waals surface area (Å²) in [6.45, 7) is 1.11. The summed E-state index contributed by atoms with van der Waals surface area (Å²) in [5.74, 6) is -0.365. The third-order valence-electron chi connectivity index (χ3n) is 1.05. The van der Waals surface area contributed by atoms with Gasteiger partial charge in [0.05, 0.1) is 6.54 Å². The van der Waals surface area contributed by atoms with E-state index < -0.39 is 0 Å². The Morgan fingerprint density at radius 3 is 2.88 bits per heavy atom. The molecule has 0 spiro atoms. The van der Waals surface area contributed by atoms with E-state index in [1.165, 1.54) is 0 Å². The average Bonchev–Trinajstić information content (AvgIpc) is 1.77. The molecule has 1 heterocycles. The Kier molecular flexibility index (Phi) is 1.45. The fourth-order valence-electron chi connectivity index (χ4n) is 0.589. The van der Waals surface area contributed by atoms with Crippen molar-refractivity contribution in [1.29, 1.82) is 0 Å². The van der Waals surface area contributed by atoms with E-state index in [1.54, 1.807) is 0 Å². The highest BCUT2D eigenvalue weighted by atomic mass is 16.5. The van der Waals surface area contributed by atoms with Gasteiger partial charge < -0.3 is 15.6 Å². The van der Waals surface area contributed by atoms with E-state index in [1.807, 2.05) is 0 Å². The molecule has 1 fully saturated rings. The fourth-order valence-corrected chi connectivity index (χ4v) is 0.589. The van der Waals surface area contributed by atoms with Crippen LogP contribution in [0, 0.1) is 5.21 Å². The number of nitrogens with zero attached hydrogens (tertiary/aromatic N) is 1. The van der Waals surface area contributed by atoms with Gasteiger partial charge >= 0.3 is 0 Å². The molecule has 0 atom stereocenters. The quantitative estimate of drug-likeness (QED) is 0.436. The topological polar surface area (TPSA) is 55.4 Å². The first kappa shape index (κ1) is 5.53. The van der Waals surface area contributed by atoms with Gasteiger partial charge in [0, 0.05) is 13.1 Å². The summed E-state index contributed by atoms with van der Waals surface area (Å²) in [6.07, 6.45) is 0. The van der Waals surface area contributed by atoms with Gasteiger partial charge in [-0.2, -0.15) is 0 Å². The zero-order valence-corrected chi connectivity index (χ0v) is 4.39. The van der Waals surface area contributed by atoms with Crippen molar-refractivity contribution in [2.75, 3.05) is 19.6 Å². The number of hydrogen-bond acceptors (Lipinski definition) is 3. The molecule has 1 saturated heterocycles. The van der Waals surface area contributed by atoms with Crippen LogP contribution in [0.15, 0.2) is 0 Å². The predicted octanol–water partition coefficient (Wildman–Crippen LogP) is -1.08. The molecular weight excluding hydrogens is 108 g/mol. The van der Waals surface area contributed by atoms with E-state index in [0.29, 0.717) is 18.2 Å². The van der Waals surface area contributed by atoms with Crippen molar-refractivity contribution in [2.45, 2.75) is 0 Å². The van der Waals surface area contributed by atoms with Crippen molar-refractivity contribution in [1.82, 2.24) is 10.4 Å². The molecule has 1 rings (SSSR count). The van der Waals surface area contributed by atoms with E-state index in [-0.39, 0.29) is 12.5 Å². The first-order valence-electron chi connectivity index (χ1n) is 2.49. The molecule has 8 heavy (non-hydrogen) atoms. The molecule has 4 heteroatoms. The van der Waals surface area contributed by atoms with E-state index in [9.17, 15) is 10.0 Å². The Hall–Kier alpha value is -0.610. The van der Waals surface area contributed by atoms with Gasteiger partial charge in [0.1, 0.15) is 0 Å². The van der Waals surface area contributed by atoms with Crippen LogP contribution in [0.3, 0.4) is 0 Å². The molecule has 0 unspecified atom stereocenters. The number of hydrogen-bond donors (Lipinski definition) is 1. The standard InChI is InChI=1S/C4H7N2O2/c7-4-3-5-1-2-6(4)8/h5H,1-3H2/q-1. The molecule has 1 aliphatic heterocycles. The van der Waals surface area contributed by atoms with Gasteiger partial charge in [0.25, 0.3) is 0 Å². The zero-order valence-electron chi connectivity index (χ0n) is 4.39. The summed E-state index contributed by atoms with van der Waals surface area (Å²) >= 11 is 0. The molecule has 46 valence electrons. The van der Waals surface area contributed by atoms with Crippen LogP contribution in [0.5, 0.6) is 0 Å². The summed E-state index contributed by atoms with van der Waals surface area (Å²) in [4.78, 5) is 10.3. The average molecular weight is 115 g/mol. The van der Waals surface area contributed by atoms with Crippen LogP contribution in [-0.2, 0) is 4.79 Å². The van der Waals surface area contributed by atoms with Gasteiger partial charge in [0.15, 0.2) is 0 Å². The summed E-state index contributed by atoms with van der Waals surface area (Å²) in [6, 6.07) is 0. The molecule has 0 aromatic carbocycles. The fraction of sp³-hybridized carbons (Fsp3) is 0.750. The van der Waals surface area contributed by atoms with Crippen LogP contribution in [0.2, 0.25) is 0 Å². The highest BCUT2D eigenvalue weighted by molar-refractivity contribution is 5.79. The van der Waals surface area contributed by atoms with Gasteiger partial charge in [0.2, 0.25) is 5.91 Å². The molecule has 1 amide bonds. The molecule has 0 aromatic rings. The summed E-state index contributed by atoms with van der Waals surface area (Å²) in [7, 11) is 0. The van der Waals surface area contributed by atoms with Crippen LogP contribution in [0.4, 0.5) is 0 Å². The normalized spacial score (nSPS) is 21.6. The third kappa shape index (κ3) is 0.962. The molecule has 1 N–H and O–H groups in total. The zero-order chi connectivity index (χ0) is 5.98. The van der Waals surface area contributed by atoms with E-state index in [2.05, 4.69) is 5.32 Å². The van der Waals surface area contributed by atoms with Crippen LogP contribution in [0.1, 0.15) is 0 Å². The maximum absolute atomic E-state index is 10.3. The van der Waals surface area contributed by atoms with Crippen molar-refractivity contribution in [3.63, 3.8) is 0 Å². The van der Waals surface area contributed by atoms with Gasteiger partial charge in [-0.3, -0.25) is 4.79 Å². The van der Waals surface area contributed by atoms with E-state index in [0.717, 1.165) is 0 Å². The lowest BCUT2D eigenvalue weighted by atomic mass is 10.4. The van der Waals surface area contributed by atoms with Crippen LogP contribution in [-0.4, -0.2) is 30.6 Å². The number of rotatable bonds is 0. The number of piperazine rings is 1. The van der Waals surface area contributed by atoms with Crippen molar-refractivity contribution < 1.29 is 4.79 Å². The highest BCUT2D eigenvalue weighted by Gasteiger charge is 2.07. The van der Waals surface area contributed by atoms with E-state index in [4.69, 9.17) is 0 Å². The van der Waals surface area contributed by atoms with Crippen molar-refractivity contribution >= 4 is 5.91 Å². The van der Waals surface area contributed by atoms with E-state index >= 15 is 0 Å². The molecular formula is C4H7N2O2-. The number of amides is 1. The second-order valence-electron chi connectivity index (χ2n) is 1.67. The minimum atomic E-state index is -0.365. The molecule has 0 aromatic heterocycles. The monoisotopic (exact) mass is 115 g/mol. The Labute approximate surface area is 47.0 Å². The molecule has 0 aliphatic carbocycles. The van der Waals surface area contributed by atoms with Gasteiger partial charge in [-0.25, -0.2) is 0 Å². The molecule has 4 nitrogen and oxygen atoms in total. The lowest BCUT2D eigenvalue weighted by Gasteiger charge is -2.32. The smallest absolute Gasteiger partial charge is 0.226 e. The summed E-state index contributed by atoms with van der Waals surface area (Å²) < 4.78 is 0. The van der Waals surface area contributed by atoms with Crippen LogP contribution >= 0.6 is 0 Å². The van der Waals surface area contributed by atoms with Crippen molar-refractivity contribution in [2.24, 2.45) is 0 Å².